The van der Waals surface area contributed by atoms with Crippen LogP contribution in [0.1, 0.15) is 16.7 Å². The minimum Gasteiger partial charge on any atom is -0.489 e. The number of aryl methyl sites for hydroxylation is 2. The Morgan fingerprint density at radius 3 is 2.58 bits per heavy atom. The van der Waals surface area contributed by atoms with Crippen molar-refractivity contribution in [2.24, 2.45) is 0 Å². The molecule has 0 aliphatic heterocycles. The van der Waals surface area contributed by atoms with Crippen molar-refractivity contribution in [1.82, 2.24) is 0 Å². The van der Waals surface area contributed by atoms with E-state index in [9.17, 15) is 0 Å². The Kier molecular flexibility index (Phi) is 3.00. The molecule has 1 heterocycles. The van der Waals surface area contributed by atoms with Gasteiger partial charge in [-0.15, -0.1) is 0 Å². The first-order chi connectivity index (χ1) is 9.24. The van der Waals surface area contributed by atoms with Crippen LogP contribution in [0.25, 0.3) is 11.0 Å². The Labute approximate surface area is 112 Å². The Morgan fingerprint density at radius 2 is 1.79 bits per heavy atom. The SMILES string of the molecule is Cc1ccc(OCc2coc3cccc(C)c23)cc1. The summed E-state index contributed by atoms with van der Waals surface area (Å²) < 4.78 is 11.4. The van der Waals surface area contributed by atoms with E-state index in [4.69, 9.17) is 9.15 Å². The van der Waals surface area contributed by atoms with Gasteiger partial charge in [0.25, 0.3) is 0 Å². The fourth-order valence-electron chi connectivity index (χ4n) is 2.25. The van der Waals surface area contributed by atoms with Gasteiger partial charge in [0, 0.05) is 10.9 Å². The van der Waals surface area contributed by atoms with Crippen LogP contribution in [0.15, 0.2) is 53.1 Å². The third kappa shape index (κ3) is 2.34. The van der Waals surface area contributed by atoms with Crippen LogP contribution in [0, 0.1) is 13.8 Å². The van der Waals surface area contributed by atoms with Crippen LogP contribution in [0.3, 0.4) is 0 Å². The molecule has 0 atom stereocenters. The minimum absolute atomic E-state index is 0.529. The molecule has 0 saturated heterocycles. The molecular formula is C17H16O2. The standard InChI is InChI=1S/C17H16O2/c1-12-6-8-15(9-7-12)18-10-14-11-19-16-5-3-4-13(2)17(14)16/h3-9,11H,10H2,1-2H3. The maximum absolute atomic E-state index is 5.81. The van der Waals surface area contributed by atoms with Gasteiger partial charge in [0.15, 0.2) is 0 Å². The number of rotatable bonds is 3. The third-order valence-electron chi connectivity index (χ3n) is 3.30. The number of hydrogen-bond acceptors (Lipinski definition) is 2. The molecule has 96 valence electrons. The summed E-state index contributed by atoms with van der Waals surface area (Å²) in [6.07, 6.45) is 1.78. The summed E-state index contributed by atoms with van der Waals surface area (Å²) in [7, 11) is 0. The van der Waals surface area contributed by atoms with E-state index in [1.165, 1.54) is 11.1 Å². The quantitative estimate of drug-likeness (QED) is 0.678. The maximum atomic E-state index is 5.81. The molecule has 1 aromatic heterocycles. The zero-order valence-electron chi connectivity index (χ0n) is 11.1. The van der Waals surface area contributed by atoms with Crippen LogP contribution >= 0.6 is 0 Å². The van der Waals surface area contributed by atoms with Crippen LogP contribution < -0.4 is 4.74 Å². The highest BCUT2D eigenvalue weighted by Gasteiger charge is 2.08. The molecule has 0 spiro atoms. The van der Waals surface area contributed by atoms with Crippen molar-refractivity contribution in [3.8, 4) is 5.75 Å². The molecule has 2 heteroatoms. The predicted molar refractivity (Wildman–Crippen MR) is 76.5 cm³/mol. The lowest BCUT2D eigenvalue weighted by Crippen LogP contribution is -1.94. The Bertz CT molecular complexity index is 693. The first kappa shape index (κ1) is 11.8. The van der Waals surface area contributed by atoms with Crippen molar-refractivity contribution in [1.29, 1.82) is 0 Å². The van der Waals surface area contributed by atoms with Crippen LogP contribution in [0.4, 0.5) is 0 Å². The zero-order valence-corrected chi connectivity index (χ0v) is 11.1. The number of benzene rings is 2. The van der Waals surface area contributed by atoms with Crippen molar-refractivity contribution < 1.29 is 9.15 Å². The molecule has 0 amide bonds. The van der Waals surface area contributed by atoms with Gasteiger partial charge in [0.2, 0.25) is 0 Å². The van der Waals surface area contributed by atoms with Crippen molar-refractivity contribution in [3.63, 3.8) is 0 Å². The van der Waals surface area contributed by atoms with Gasteiger partial charge >= 0.3 is 0 Å². The molecule has 0 unspecified atom stereocenters. The highest BCUT2D eigenvalue weighted by molar-refractivity contribution is 5.84. The minimum atomic E-state index is 0.529. The molecule has 2 aromatic carbocycles. The second-order valence-electron chi connectivity index (χ2n) is 4.81. The summed E-state index contributed by atoms with van der Waals surface area (Å²) in [6, 6.07) is 14.2. The van der Waals surface area contributed by atoms with E-state index in [0.29, 0.717) is 6.61 Å². The average molecular weight is 252 g/mol. The van der Waals surface area contributed by atoms with Crippen molar-refractivity contribution in [2.75, 3.05) is 0 Å². The zero-order chi connectivity index (χ0) is 13.2. The molecule has 0 bridgehead atoms. The predicted octanol–water partition coefficient (Wildman–Crippen LogP) is 4.63. The molecule has 0 N–H and O–H groups in total. The number of hydrogen-bond donors (Lipinski definition) is 0. The first-order valence-electron chi connectivity index (χ1n) is 6.39. The topological polar surface area (TPSA) is 22.4 Å². The van der Waals surface area contributed by atoms with Crippen LogP contribution in [0.2, 0.25) is 0 Å². The van der Waals surface area contributed by atoms with E-state index in [1.807, 2.05) is 36.4 Å². The normalized spacial score (nSPS) is 10.8. The van der Waals surface area contributed by atoms with Gasteiger partial charge in [0.1, 0.15) is 17.9 Å². The molecule has 3 rings (SSSR count). The largest absolute Gasteiger partial charge is 0.489 e. The van der Waals surface area contributed by atoms with Crippen molar-refractivity contribution in [2.45, 2.75) is 20.5 Å². The van der Waals surface area contributed by atoms with Crippen LogP contribution in [0.5, 0.6) is 5.75 Å². The lowest BCUT2D eigenvalue weighted by atomic mass is 10.1. The van der Waals surface area contributed by atoms with Crippen molar-refractivity contribution in [3.05, 3.63) is 65.4 Å². The number of fused-ring (bicyclic) bond motifs is 1. The lowest BCUT2D eigenvalue weighted by molar-refractivity contribution is 0.306. The number of furan rings is 1. The van der Waals surface area contributed by atoms with E-state index in [-0.39, 0.29) is 0 Å². The van der Waals surface area contributed by atoms with E-state index < -0.39 is 0 Å². The van der Waals surface area contributed by atoms with E-state index in [2.05, 4.69) is 19.9 Å². The second-order valence-corrected chi connectivity index (χ2v) is 4.81. The Hall–Kier alpha value is -2.22. The Morgan fingerprint density at radius 1 is 1.00 bits per heavy atom. The summed E-state index contributed by atoms with van der Waals surface area (Å²) in [5.74, 6) is 0.883. The average Bonchev–Trinajstić information content (AvgIpc) is 2.83. The molecule has 0 radical (unpaired) electrons. The number of ether oxygens (including phenoxy) is 1. The van der Waals surface area contributed by atoms with E-state index in [1.54, 1.807) is 6.26 Å². The van der Waals surface area contributed by atoms with Crippen LogP contribution in [-0.2, 0) is 6.61 Å². The molecule has 19 heavy (non-hydrogen) atoms. The smallest absolute Gasteiger partial charge is 0.134 e. The first-order valence-corrected chi connectivity index (χ1v) is 6.39. The molecule has 0 fully saturated rings. The highest BCUT2D eigenvalue weighted by atomic mass is 16.5. The Balaban J connectivity index is 1.84. The summed E-state index contributed by atoms with van der Waals surface area (Å²) in [5.41, 5.74) is 4.46. The molecule has 0 saturated carbocycles. The van der Waals surface area contributed by atoms with Crippen molar-refractivity contribution >= 4 is 11.0 Å². The monoisotopic (exact) mass is 252 g/mol. The lowest BCUT2D eigenvalue weighted by Gasteiger charge is -2.06. The van der Waals surface area contributed by atoms with Gasteiger partial charge in [-0.25, -0.2) is 0 Å². The highest BCUT2D eigenvalue weighted by Crippen LogP contribution is 2.25. The molecule has 0 aliphatic rings. The second kappa shape index (κ2) is 4.81. The maximum Gasteiger partial charge on any atom is 0.134 e. The summed E-state index contributed by atoms with van der Waals surface area (Å²) in [4.78, 5) is 0. The molecular weight excluding hydrogens is 236 g/mol. The fourth-order valence-corrected chi connectivity index (χ4v) is 2.25. The van der Waals surface area contributed by atoms with Gasteiger partial charge in [-0.2, -0.15) is 0 Å². The van der Waals surface area contributed by atoms with E-state index >= 15 is 0 Å². The summed E-state index contributed by atoms with van der Waals surface area (Å²) in [5, 5.41) is 1.16. The summed E-state index contributed by atoms with van der Waals surface area (Å²) >= 11 is 0. The fraction of sp³-hybridized carbons (Fsp3) is 0.176. The summed E-state index contributed by atoms with van der Waals surface area (Å²) in [6.45, 7) is 4.69. The van der Waals surface area contributed by atoms with Gasteiger partial charge < -0.3 is 9.15 Å². The molecule has 3 aromatic rings. The van der Waals surface area contributed by atoms with Gasteiger partial charge in [-0.3, -0.25) is 0 Å². The van der Waals surface area contributed by atoms with Gasteiger partial charge in [0.05, 0.1) is 6.26 Å². The van der Waals surface area contributed by atoms with Gasteiger partial charge in [-0.1, -0.05) is 29.8 Å². The third-order valence-corrected chi connectivity index (χ3v) is 3.30. The van der Waals surface area contributed by atoms with Gasteiger partial charge in [-0.05, 0) is 37.6 Å². The molecule has 0 aliphatic carbocycles. The van der Waals surface area contributed by atoms with Crippen LogP contribution in [-0.4, -0.2) is 0 Å². The van der Waals surface area contributed by atoms with E-state index in [0.717, 1.165) is 22.3 Å². The molecule has 2 nitrogen and oxygen atoms in total.